The molecule has 1 aromatic rings. The second-order valence-electron chi connectivity index (χ2n) is 5.52. The SMILES string of the molecule is Cc1ccc(O)c(CN2CCC(C)(C(N)=O)C2)c1. The number of phenols is 1. The predicted octanol–water partition coefficient (Wildman–Crippen LogP) is 1.40. The molecule has 1 atom stereocenters. The molecule has 0 saturated carbocycles. The molecule has 18 heavy (non-hydrogen) atoms. The van der Waals surface area contributed by atoms with Gasteiger partial charge in [0.05, 0.1) is 5.41 Å². The van der Waals surface area contributed by atoms with Crippen LogP contribution in [0.1, 0.15) is 24.5 Å². The number of nitrogens with two attached hydrogens (primary N) is 1. The van der Waals surface area contributed by atoms with Crippen molar-refractivity contribution in [2.75, 3.05) is 13.1 Å². The molecule has 0 spiro atoms. The maximum absolute atomic E-state index is 11.4. The summed E-state index contributed by atoms with van der Waals surface area (Å²) >= 11 is 0. The molecular formula is C14H20N2O2. The maximum atomic E-state index is 11.4. The van der Waals surface area contributed by atoms with Crippen molar-refractivity contribution < 1.29 is 9.90 Å². The third kappa shape index (κ3) is 2.48. The van der Waals surface area contributed by atoms with Crippen LogP contribution in [0.4, 0.5) is 0 Å². The number of rotatable bonds is 3. The Morgan fingerprint density at radius 1 is 1.56 bits per heavy atom. The first-order valence-electron chi connectivity index (χ1n) is 6.21. The minimum absolute atomic E-state index is 0.238. The molecule has 1 heterocycles. The Labute approximate surface area is 107 Å². The predicted molar refractivity (Wildman–Crippen MR) is 70.0 cm³/mol. The number of amides is 1. The highest BCUT2D eigenvalue weighted by atomic mass is 16.3. The molecule has 98 valence electrons. The molecule has 0 aromatic heterocycles. The molecule has 1 amide bonds. The normalized spacial score (nSPS) is 24.3. The molecule has 4 heteroatoms. The maximum Gasteiger partial charge on any atom is 0.224 e. The van der Waals surface area contributed by atoms with E-state index in [0.717, 1.165) is 24.1 Å². The molecule has 3 N–H and O–H groups in total. The van der Waals surface area contributed by atoms with E-state index in [-0.39, 0.29) is 5.91 Å². The molecule has 0 bridgehead atoms. The van der Waals surface area contributed by atoms with Gasteiger partial charge in [0.2, 0.25) is 5.91 Å². The number of aromatic hydroxyl groups is 1. The number of nitrogens with zero attached hydrogens (tertiary/aromatic N) is 1. The van der Waals surface area contributed by atoms with Crippen molar-refractivity contribution in [2.45, 2.75) is 26.8 Å². The molecule has 1 aliphatic rings. The zero-order valence-electron chi connectivity index (χ0n) is 10.9. The number of likely N-dealkylation sites (tertiary alicyclic amines) is 1. The van der Waals surface area contributed by atoms with Gasteiger partial charge in [0.25, 0.3) is 0 Å². The van der Waals surface area contributed by atoms with E-state index in [2.05, 4.69) is 4.90 Å². The van der Waals surface area contributed by atoms with E-state index in [1.165, 1.54) is 0 Å². The summed E-state index contributed by atoms with van der Waals surface area (Å²) in [6, 6.07) is 5.58. The van der Waals surface area contributed by atoms with E-state index in [1.54, 1.807) is 6.07 Å². The van der Waals surface area contributed by atoms with Crippen LogP contribution in [0.2, 0.25) is 0 Å². The van der Waals surface area contributed by atoms with E-state index in [9.17, 15) is 9.90 Å². The highest BCUT2D eigenvalue weighted by Gasteiger charge is 2.38. The van der Waals surface area contributed by atoms with Gasteiger partial charge in [0, 0.05) is 18.7 Å². The number of hydrogen-bond donors (Lipinski definition) is 2. The van der Waals surface area contributed by atoms with Crippen molar-refractivity contribution >= 4 is 5.91 Å². The summed E-state index contributed by atoms with van der Waals surface area (Å²) in [6.45, 7) is 6.07. The minimum atomic E-state index is -0.431. The lowest BCUT2D eigenvalue weighted by Gasteiger charge is -2.21. The van der Waals surface area contributed by atoms with E-state index >= 15 is 0 Å². The standard InChI is InChI=1S/C14H20N2O2/c1-10-3-4-12(17)11(7-10)8-16-6-5-14(2,9-16)13(15)18/h3-4,7,17H,5-6,8-9H2,1-2H3,(H2,15,18). The van der Waals surface area contributed by atoms with Crippen LogP contribution in [-0.4, -0.2) is 29.0 Å². The summed E-state index contributed by atoms with van der Waals surface area (Å²) < 4.78 is 0. The molecule has 1 unspecified atom stereocenters. The van der Waals surface area contributed by atoms with Crippen LogP contribution in [0, 0.1) is 12.3 Å². The van der Waals surface area contributed by atoms with Crippen molar-refractivity contribution in [1.82, 2.24) is 4.90 Å². The largest absolute Gasteiger partial charge is 0.508 e. The lowest BCUT2D eigenvalue weighted by Crippen LogP contribution is -2.36. The van der Waals surface area contributed by atoms with Crippen molar-refractivity contribution in [3.05, 3.63) is 29.3 Å². The Kier molecular flexibility index (Phi) is 3.30. The molecule has 2 rings (SSSR count). The van der Waals surface area contributed by atoms with Crippen LogP contribution in [0.15, 0.2) is 18.2 Å². The Balaban J connectivity index is 2.08. The Morgan fingerprint density at radius 3 is 2.89 bits per heavy atom. The lowest BCUT2D eigenvalue weighted by atomic mass is 9.89. The van der Waals surface area contributed by atoms with Gasteiger partial charge in [-0.15, -0.1) is 0 Å². The van der Waals surface area contributed by atoms with Gasteiger partial charge in [-0.05, 0) is 32.9 Å². The smallest absolute Gasteiger partial charge is 0.224 e. The van der Waals surface area contributed by atoms with Gasteiger partial charge in [-0.1, -0.05) is 17.7 Å². The molecule has 4 nitrogen and oxygen atoms in total. The second kappa shape index (κ2) is 4.61. The van der Waals surface area contributed by atoms with Crippen molar-refractivity contribution in [3.63, 3.8) is 0 Å². The zero-order valence-corrected chi connectivity index (χ0v) is 10.9. The summed E-state index contributed by atoms with van der Waals surface area (Å²) in [6.07, 6.45) is 0.787. The first-order valence-corrected chi connectivity index (χ1v) is 6.21. The fourth-order valence-electron chi connectivity index (χ4n) is 2.47. The molecule has 1 aliphatic heterocycles. The summed E-state index contributed by atoms with van der Waals surface area (Å²) in [5.41, 5.74) is 7.03. The first-order chi connectivity index (χ1) is 8.40. The number of hydrogen-bond acceptors (Lipinski definition) is 3. The van der Waals surface area contributed by atoms with Crippen molar-refractivity contribution in [3.8, 4) is 5.75 Å². The van der Waals surface area contributed by atoms with Gasteiger partial charge in [-0.25, -0.2) is 0 Å². The highest BCUT2D eigenvalue weighted by Crippen LogP contribution is 2.31. The Bertz CT molecular complexity index is 473. The molecule has 1 saturated heterocycles. The van der Waals surface area contributed by atoms with Gasteiger partial charge in [-0.2, -0.15) is 0 Å². The fraction of sp³-hybridized carbons (Fsp3) is 0.500. The van der Waals surface area contributed by atoms with Crippen LogP contribution in [0.5, 0.6) is 5.75 Å². The van der Waals surface area contributed by atoms with Crippen molar-refractivity contribution in [1.29, 1.82) is 0 Å². The number of carbonyl (C=O) groups is 1. The molecule has 0 radical (unpaired) electrons. The van der Waals surface area contributed by atoms with Crippen LogP contribution in [0.3, 0.4) is 0 Å². The van der Waals surface area contributed by atoms with Crippen LogP contribution in [0.25, 0.3) is 0 Å². The Morgan fingerprint density at radius 2 is 2.28 bits per heavy atom. The summed E-state index contributed by atoms with van der Waals surface area (Å²) in [5, 5.41) is 9.82. The molecule has 1 aromatic carbocycles. The van der Waals surface area contributed by atoms with E-state index in [1.807, 2.05) is 26.0 Å². The quantitative estimate of drug-likeness (QED) is 0.849. The van der Waals surface area contributed by atoms with Gasteiger partial charge in [0.1, 0.15) is 5.75 Å². The van der Waals surface area contributed by atoms with Crippen LogP contribution in [-0.2, 0) is 11.3 Å². The summed E-state index contributed by atoms with van der Waals surface area (Å²) in [5.74, 6) is 0.0757. The van der Waals surface area contributed by atoms with E-state index in [4.69, 9.17) is 5.73 Å². The Hall–Kier alpha value is -1.55. The molecule has 0 aliphatic carbocycles. The van der Waals surface area contributed by atoms with Gasteiger partial charge in [0.15, 0.2) is 0 Å². The van der Waals surface area contributed by atoms with E-state index < -0.39 is 5.41 Å². The fourth-order valence-corrected chi connectivity index (χ4v) is 2.47. The third-order valence-corrected chi connectivity index (χ3v) is 3.78. The van der Waals surface area contributed by atoms with Gasteiger partial charge in [-0.3, -0.25) is 9.69 Å². The highest BCUT2D eigenvalue weighted by molar-refractivity contribution is 5.81. The number of aryl methyl sites for hydroxylation is 1. The number of benzene rings is 1. The van der Waals surface area contributed by atoms with Crippen LogP contribution < -0.4 is 5.73 Å². The van der Waals surface area contributed by atoms with E-state index in [0.29, 0.717) is 18.8 Å². The third-order valence-electron chi connectivity index (χ3n) is 3.78. The zero-order chi connectivity index (χ0) is 13.3. The molecular weight excluding hydrogens is 228 g/mol. The number of phenolic OH excluding ortho intramolecular Hbond substituents is 1. The topological polar surface area (TPSA) is 66.6 Å². The van der Waals surface area contributed by atoms with Crippen molar-refractivity contribution in [2.24, 2.45) is 11.1 Å². The average molecular weight is 248 g/mol. The minimum Gasteiger partial charge on any atom is -0.508 e. The van der Waals surface area contributed by atoms with Gasteiger partial charge < -0.3 is 10.8 Å². The van der Waals surface area contributed by atoms with Crippen LogP contribution >= 0.6 is 0 Å². The average Bonchev–Trinajstić information content (AvgIpc) is 2.67. The first kappa shape index (κ1) is 12.9. The number of primary amides is 1. The van der Waals surface area contributed by atoms with Gasteiger partial charge >= 0.3 is 0 Å². The summed E-state index contributed by atoms with van der Waals surface area (Å²) in [4.78, 5) is 13.6. The monoisotopic (exact) mass is 248 g/mol. The molecule has 1 fully saturated rings. The lowest BCUT2D eigenvalue weighted by molar-refractivity contribution is -0.126. The number of carbonyl (C=O) groups excluding carboxylic acids is 1. The summed E-state index contributed by atoms with van der Waals surface area (Å²) in [7, 11) is 0. The second-order valence-corrected chi connectivity index (χ2v) is 5.52.